The lowest BCUT2D eigenvalue weighted by atomic mass is 9.48. The van der Waals surface area contributed by atoms with Gasteiger partial charge in [0, 0.05) is 23.6 Å². The van der Waals surface area contributed by atoms with Crippen LogP contribution in [0, 0.1) is 30.1 Å². The van der Waals surface area contributed by atoms with Crippen molar-refractivity contribution in [3.05, 3.63) is 40.2 Å². The Bertz CT molecular complexity index is 972. The number of carbonyl (C=O) groups is 1. The van der Waals surface area contributed by atoms with Gasteiger partial charge in [0.1, 0.15) is 11.3 Å². The summed E-state index contributed by atoms with van der Waals surface area (Å²) in [5, 5.41) is 4.10. The van der Waals surface area contributed by atoms with Gasteiger partial charge in [-0.25, -0.2) is 4.79 Å². The smallest absolute Gasteiger partial charge is 0.336 e. The van der Waals surface area contributed by atoms with E-state index < -0.39 is 0 Å². The number of aryl methyl sites for hydroxylation is 1. The molecule has 5 nitrogen and oxygen atoms in total. The van der Waals surface area contributed by atoms with E-state index in [-0.39, 0.29) is 29.6 Å². The molecule has 0 unspecified atom stereocenters. The summed E-state index contributed by atoms with van der Waals surface area (Å²) in [5.74, 6) is 3.05. The van der Waals surface area contributed by atoms with Crippen LogP contribution >= 0.6 is 0 Å². The standard InChI is InChI=1S/C24H29NO4/c1-14-5-23(27)29-21-9-19(3-4-20(14)21)28-13-22(26)25-15(2)24-10-16-6-17(11-24)8-18(7-16)12-24/h3-5,9,15-18H,6-8,10-13H2,1-2H3,(H,25,26)/t15-,16?,17?,18?,24?/m0/s1. The van der Waals surface area contributed by atoms with E-state index in [4.69, 9.17) is 9.15 Å². The fourth-order valence-electron chi connectivity index (χ4n) is 6.69. The second-order valence-corrected chi connectivity index (χ2v) is 9.76. The number of nitrogens with one attached hydrogen (secondary N) is 1. The van der Waals surface area contributed by atoms with Crippen LogP contribution in [0.2, 0.25) is 0 Å². The summed E-state index contributed by atoms with van der Waals surface area (Å²) < 4.78 is 11.0. The quantitative estimate of drug-likeness (QED) is 0.771. The third-order valence-corrected chi connectivity index (χ3v) is 7.67. The monoisotopic (exact) mass is 395 g/mol. The minimum atomic E-state index is -0.380. The summed E-state index contributed by atoms with van der Waals surface area (Å²) >= 11 is 0. The number of rotatable bonds is 5. The molecule has 4 bridgehead atoms. The molecule has 0 saturated heterocycles. The van der Waals surface area contributed by atoms with Crippen LogP contribution in [0.1, 0.15) is 51.0 Å². The lowest BCUT2D eigenvalue weighted by molar-refractivity contribution is -0.127. The van der Waals surface area contributed by atoms with Gasteiger partial charge in [0.15, 0.2) is 6.61 Å². The summed E-state index contributed by atoms with van der Waals surface area (Å²) in [6, 6.07) is 7.01. The van der Waals surface area contributed by atoms with Gasteiger partial charge < -0.3 is 14.5 Å². The molecule has 0 radical (unpaired) electrons. The van der Waals surface area contributed by atoms with Gasteiger partial charge in [0.2, 0.25) is 0 Å². The van der Waals surface area contributed by atoms with Gasteiger partial charge in [-0.05, 0) is 93.2 Å². The lowest BCUT2D eigenvalue weighted by Gasteiger charge is -2.59. The molecule has 1 N–H and O–H groups in total. The van der Waals surface area contributed by atoms with Gasteiger partial charge in [-0.3, -0.25) is 4.79 Å². The van der Waals surface area contributed by atoms with E-state index in [2.05, 4.69) is 12.2 Å². The van der Waals surface area contributed by atoms with Gasteiger partial charge >= 0.3 is 5.63 Å². The molecular formula is C24H29NO4. The molecule has 1 heterocycles. The second kappa shape index (κ2) is 6.89. The Morgan fingerprint density at radius 2 is 1.83 bits per heavy atom. The van der Waals surface area contributed by atoms with E-state index in [0.29, 0.717) is 11.3 Å². The van der Waals surface area contributed by atoms with E-state index in [9.17, 15) is 9.59 Å². The first-order valence-electron chi connectivity index (χ1n) is 10.9. The third-order valence-electron chi connectivity index (χ3n) is 7.67. The molecule has 4 saturated carbocycles. The van der Waals surface area contributed by atoms with Crippen LogP contribution in [0.25, 0.3) is 11.0 Å². The largest absolute Gasteiger partial charge is 0.484 e. The maximum Gasteiger partial charge on any atom is 0.336 e. The van der Waals surface area contributed by atoms with Crippen LogP contribution in [0.5, 0.6) is 5.75 Å². The lowest BCUT2D eigenvalue weighted by Crippen LogP contribution is -2.56. The molecule has 0 spiro atoms. The molecule has 0 aliphatic heterocycles. The Morgan fingerprint density at radius 1 is 1.17 bits per heavy atom. The molecule has 1 atom stereocenters. The zero-order valence-corrected chi connectivity index (χ0v) is 17.2. The van der Waals surface area contributed by atoms with Crippen LogP contribution in [0.3, 0.4) is 0 Å². The van der Waals surface area contributed by atoms with Crippen molar-refractivity contribution in [3.8, 4) is 5.75 Å². The molecule has 4 aliphatic rings. The predicted octanol–water partition coefficient (Wildman–Crippen LogP) is 4.20. The zero-order valence-electron chi connectivity index (χ0n) is 17.2. The van der Waals surface area contributed by atoms with Gasteiger partial charge in [-0.1, -0.05) is 0 Å². The first-order chi connectivity index (χ1) is 13.9. The minimum Gasteiger partial charge on any atom is -0.484 e. The third kappa shape index (κ3) is 3.45. The van der Waals surface area contributed by atoms with Gasteiger partial charge in [0.25, 0.3) is 5.91 Å². The topological polar surface area (TPSA) is 68.5 Å². The maximum atomic E-state index is 12.6. The Balaban J connectivity index is 1.22. The highest BCUT2D eigenvalue weighted by Crippen LogP contribution is 2.61. The van der Waals surface area contributed by atoms with Crippen molar-refractivity contribution in [1.82, 2.24) is 5.32 Å². The first-order valence-corrected chi connectivity index (χ1v) is 10.9. The number of fused-ring (bicyclic) bond motifs is 1. The highest BCUT2D eigenvalue weighted by molar-refractivity contribution is 5.81. The van der Waals surface area contributed by atoms with Crippen LogP contribution in [-0.4, -0.2) is 18.6 Å². The minimum absolute atomic E-state index is 0.0295. The Kier molecular flexibility index (Phi) is 4.45. The van der Waals surface area contributed by atoms with Crippen molar-refractivity contribution in [1.29, 1.82) is 0 Å². The van der Waals surface area contributed by atoms with Crippen LogP contribution in [-0.2, 0) is 4.79 Å². The fraction of sp³-hybridized carbons (Fsp3) is 0.583. The van der Waals surface area contributed by atoms with Gasteiger partial charge in [-0.2, -0.15) is 0 Å². The highest BCUT2D eigenvalue weighted by Gasteiger charge is 2.53. The SMILES string of the molecule is Cc1cc(=O)oc2cc(OCC(=O)N[C@@H](C)C34CC5CC(CC(C5)C3)C4)ccc12. The summed E-state index contributed by atoms with van der Waals surface area (Å²) in [6.45, 7) is 4.02. The molecule has 1 aromatic carbocycles. The average molecular weight is 395 g/mol. The zero-order chi connectivity index (χ0) is 20.2. The van der Waals surface area contributed by atoms with E-state index in [1.165, 1.54) is 44.6 Å². The molecule has 5 heteroatoms. The molecule has 6 rings (SSSR count). The van der Waals surface area contributed by atoms with E-state index in [1.807, 2.05) is 19.1 Å². The van der Waals surface area contributed by atoms with Crippen molar-refractivity contribution in [2.24, 2.45) is 23.2 Å². The molecule has 1 aromatic heterocycles. The van der Waals surface area contributed by atoms with Crippen LogP contribution in [0.4, 0.5) is 0 Å². The Hall–Kier alpha value is -2.30. The number of carbonyl (C=O) groups excluding carboxylic acids is 1. The number of amides is 1. The van der Waals surface area contributed by atoms with Crippen molar-refractivity contribution < 1.29 is 13.9 Å². The van der Waals surface area contributed by atoms with Crippen LogP contribution < -0.4 is 15.7 Å². The molecule has 2 aromatic rings. The highest BCUT2D eigenvalue weighted by atomic mass is 16.5. The summed E-state index contributed by atoms with van der Waals surface area (Å²) in [7, 11) is 0. The summed E-state index contributed by atoms with van der Waals surface area (Å²) in [4.78, 5) is 24.2. The van der Waals surface area contributed by atoms with E-state index in [0.717, 1.165) is 28.7 Å². The number of hydrogen-bond donors (Lipinski definition) is 1. The molecular weight excluding hydrogens is 366 g/mol. The van der Waals surface area contributed by atoms with Crippen molar-refractivity contribution in [2.75, 3.05) is 6.61 Å². The molecule has 29 heavy (non-hydrogen) atoms. The number of benzene rings is 1. The van der Waals surface area contributed by atoms with Crippen molar-refractivity contribution in [3.63, 3.8) is 0 Å². The van der Waals surface area contributed by atoms with Crippen molar-refractivity contribution in [2.45, 2.75) is 58.4 Å². The maximum absolute atomic E-state index is 12.6. The molecule has 154 valence electrons. The molecule has 4 aliphatic carbocycles. The fourth-order valence-corrected chi connectivity index (χ4v) is 6.69. The second-order valence-electron chi connectivity index (χ2n) is 9.76. The summed E-state index contributed by atoms with van der Waals surface area (Å²) in [5.41, 5.74) is 1.25. The number of ether oxygens (including phenoxy) is 1. The van der Waals surface area contributed by atoms with E-state index in [1.54, 1.807) is 6.07 Å². The molecule has 1 amide bonds. The van der Waals surface area contributed by atoms with Gasteiger partial charge in [0.05, 0.1) is 0 Å². The van der Waals surface area contributed by atoms with Gasteiger partial charge in [-0.15, -0.1) is 0 Å². The average Bonchev–Trinajstić information content (AvgIpc) is 2.65. The molecule has 4 fully saturated rings. The number of hydrogen-bond acceptors (Lipinski definition) is 4. The Labute approximate surface area is 170 Å². The van der Waals surface area contributed by atoms with Crippen LogP contribution in [0.15, 0.2) is 33.5 Å². The summed E-state index contributed by atoms with van der Waals surface area (Å²) in [6.07, 6.45) is 8.01. The van der Waals surface area contributed by atoms with Crippen molar-refractivity contribution >= 4 is 16.9 Å². The normalized spacial score (nSPS) is 31.0. The van der Waals surface area contributed by atoms with E-state index >= 15 is 0 Å². The predicted molar refractivity (Wildman–Crippen MR) is 111 cm³/mol. The first kappa shape index (κ1) is 18.7. The Morgan fingerprint density at radius 3 is 2.48 bits per heavy atom.